The maximum absolute atomic E-state index is 14.0. The molecule has 0 aliphatic heterocycles. The Balaban J connectivity index is 0.922. The van der Waals surface area contributed by atoms with Crippen LogP contribution in [-0.2, 0) is 9.53 Å². The predicted molar refractivity (Wildman–Crippen MR) is 235 cm³/mol. The molecule has 4 aromatic heterocycles. The van der Waals surface area contributed by atoms with Crippen molar-refractivity contribution in [3.05, 3.63) is 118 Å². The number of carboxylic acid groups (broad SMARTS) is 1. The summed E-state index contributed by atoms with van der Waals surface area (Å²) in [7, 11) is 1.37. The lowest BCUT2D eigenvalue weighted by Crippen LogP contribution is -2.39. The monoisotopic (exact) mass is 827 g/mol. The van der Waals surface area contributed by atoms with Gasteiger partial charge in [0.2, 0.25) is 0 Å². The number of fused-ring (bicyclic) bond motifs is 2. The van der Waals surface area contributed by atoms with Crippen molar-refractivity contribution in [2.24, 2.45) is 11.8 Å². The highest BCUT2D eigenvalue weighted by Crippen LogP contribution is 2.49. The quantitative estimate of drug-likeness (QED) is 0.0969. The van der Waals surface area contributed by atoms with Crippen molar-refractivity contribution in [3.63, 3.8) is 0 Å². The van der Waals surface area contributed by atoms with Crippen LogP contribution in [0, 0.1) is 35.5 Å². The van der Waals surface area contributed by atoms with Crippen LogP contribution >= 0.6 is 0 Å². The summed E-state index contributed by atoms with van der Waals surface area (Å²) in [6.45, 7) is 5.84. The van der Waals surface area contributed by atoms with Gasteiger partial charge in [-0.05, 0) is 131 Å². The number of aromatic nitrogens is 6. The van der Waals surface area contributed by atoms with Crippen LogP contribution in [0.3, 0.4) is 0 Å². The number of hydrogen-bond donors (Lipinski definition) is 2. The van der Waals surface area contributed by atoms with E-state index in [2.05, 4.69) is 52.3 Å². The number of methoxy groups -OCH3 is 1. The van der Waals surface area contributed by atoms with E-state index >= 15 is 0 Å². The molecular formula is C50H49N7O5. The van der Waals surface area contributed by atoms with E-state index in [0.29, 0.717) is 72.0 Å². The molecule has 12 nitrogen and oxygen atoms in total. The molecule has 0 radical (unpaired) electrons. The standard InChI is InChI=1S/C50H49N7O5/c1-5-7-32-15-21-40(50(61)62-4)47-42(32)27-54-57(47)30(3)45-23-17-37(26-52-45)41-24-35(41)9-6-8-33-14-20-39(48(58)55-38-18-12-34(13-19-38)49(59)60)46-43(33)28-53-56(46)29(2)44-22-16-36(25-51-44)31-10-11-31/h14-17,20-23,25-31,34-35,38,41H,9-13,18-19,24H2,1-4H3,(H,55,58)(H,59,60). The van der Waals surface area contributed by atoms with E-state index in [-0.39, 0.29) is 30.0 Å². The maximum Gasteiger partial charge on any atom is 0.340 e. The van der Waals surface area contributed by atoms with Gasteiger partial charge in [0, 0.05) is 46.8 Å². The smallest absolute Gasteiger partial charge is 0.340 e. The molecule has 2 aromatic carbocycles. The average Bonchev–Trinajstić information content (AvgIpc) is 4.20. The van der Waals surface area contributed by atoms with Crippen LogP contribution in [0.25, 0.3) is 21.8 Å². The van der Waals surface area contributed by atoms with Crippen LogP contribution in [0.15, 0.2) is 73.3 Å². The van der Waals surface area contributed by atoms with Crippen LogP contribution in [0.4, 0.5) is 0 Å². The molecule has 4 unspecified atom stereocenters. The number of pyridine rings is 2. The van der Waals surface area contributed by atoms with Crippen molar-refractivity contribution >= 4 is 39.7 Å². The van der Waals surface area contributed by atoms with Gasteiger partial charge in [0.05, 0.1) is 71.1 Å². The van der Waals surface area contributed by atoms with Gasteiger partial charge >= 0.3 is 11.9 Å². The second-order valence-corrected chi connectivity index (χ2v) is 17.0. The normalized spacial score (nSPS) is 20.3. The highest BCUT2D eigenvalue weighted by atomic mass is 16.5. The van der Waals surface area contributed by atoms with Crippen molar-refractivity contribution in [3.8, 4) is 23.7 Å². The lowest BCUT2D eigenvalue weighted by Gasteiger charge is -2.27. The molecule has 0 spiro atoms. The Morgan fingerprint density at radius 2 is 1.37 bits per heavy atom. The van der Waals surface area contributed by atoms with Crippen LogP contribution in [0.2, 0.25) is 0 Å². The molecule has 62 heavy (non-hydrogen) atoms. The van der Waals surface area contributed by atoms with Crippen molar-refractivity contribution in [1.29, 1.82) is 0 Å². The van der Waals surface area contributed by atoms with Gasteiger partial charge in [0.1, 0.15) is 0 Å². The van der Waals surface area contributed by atoms with Crippen LogP contribution < -0.4 is 5.32 Å². The molecule has 12 heteroatoms. The van der Waals surface area contributed by atoms with E-state index in [0.717, 1.165) is 45.3 Å². The lowest BCUT2D eigenvalue weighted by molar-refractivity contribution is -0.142. The van der Waals surface area contributed by atoms with E-state index in [1.54, 1.807) is 25.4 Å². The molecule has 0 saturated heterocycles. The number of carboxylic acids is 1. The van der Waals surface area contributed by atoms with Gasteiger partial charge in [-0.1, -0.05) is 29.9 Å². The van der Waals surface area contributed by atoms with Gasteiger partial charge in [0.15, 0.2) is 0 Å². The Hall–Kier alpha value is -6.79. The molecule has 4 heterocycles. The van der Waals surface area contributed by atoms with Gasteiger partial charge in [-0.15, -0.1) is 5.92 Å². The first-order chi connectivity index (χ1) is 30.1. The number of aliphatic carboxylic acids is 1. The molecule has 2 N–H and O–H groups in total. The van der Waals surface area contributed by atoms with E-state index in [4.69, 9.17) is 19.8 Å². The van der Waals surface area contributed by atoms with E-state index in [9.17, 15) is 19.5 Å². The topological polar surface area (TPSA) is 154 Å². The van der Waals surface area contributed by atoms with Crippen LogP contribution in [0.1, 0.15) is 150 Å². The number of nitrogens with zero attached hydrogens (tertiary/aromatic N) is 6. The number of esters is 1. The van der Waals surface area contributed by atoms with Crippen molar-refractivity contribution in [2.45, 2.75) is 102 Å². The summed E-state index contributed by atoms with van der Waals surface area (Å²) in [5.74, 6) is 12.5. The van der Waals surface area contributed by atoms with Crippen molar-refractivity contribution in [2.75, 3.05) is 7.11 Å². The summed E-state index contributed by atoms with van der Waals surface area (Å²) in [4.78, 5) is 47.9. The van der Waals surface area contributed by atoms with Gasteiger partial charge < -0.3 is 15.2 Å². The van der Waals surface area contributed by atoms with Crippen LogP contribution in [-0.4, -0.2) is 65.6 Å². The summed E-state index contributed by atoms with van der Waals surface area (Å²) < 4.78 is 8.79. The number of benzene rings is 2. The Morgan fingerprint density at radius 3 is 1.94 bits per heavy atom. The predicted octanol–water partition coefficient (Wildman–Crippen LogP) is 8.35. The molecule has 1 amide bonds. The summed E-state index contributed by atoms with van der Waals surface area (Å²) in [6.07, 6.45) is 13.9. The maximum atomic E-state index is 14.0. The Labute approximate surface area is 360 Å². The number of ether oxygens (including phenoxy) is 1. The summed E-state index contributed by atoms with van der Waals surface area (Å²) in [5, 5.41) is 23.8. The van der Waals surface area contributed by atoms with E-state index < -0.39 is 11.9 Å². The van der Waals surface area contributed by atoms with E-state index in [1.165, 1.54) is 25.5 Å². The lowest BCUT2D eigenvalue weighted by atomic mass is 9.86. The minimum Gasteiger partial charge on any atom is -0.481 e. The first kappa shape index (κ1) is 40.6. The first-order valence-electron chi connectivity index (χ1n) is 21.6. The zero-order valence-corrected chi connectivity index (χ0v) is 35.4. The van der Waals surface area contributed by atoms with Gasteiger partial charge in [-0.25, -0.2) is 4.79 Å². The number of nitrogens with one attached hydrogen (secondary N) is 1. The second-order valence-electron chi connectivity index (χ2n) is 17.0. The SMILES string of the molecule is CC#Cc1ccc(C(=O)OC)c2c1cnn2C(C)c1ccc(C2CC2CC#Cc2ccc(C(=O)NC3CCC(C(=O)O)CC3)c3c2cnn3C(C)c2ccc(C3CC3)cn2)cn1. The first-order valence-corrected chi connectivity index (χ1v) is 21.6. The molecule has 3 aliphatic carbocycles. The third kappa shape index (κ3) is 7.93. The zero-order chi connectivity index (χ0) is 43.1. The van der Waals surface area contributed by atoms with Gasteiger partial charge in [0.25, 0.3) is 5.91 Å². The Kier molecular flexibility index (Phi) is 11.1. The molecule has 9 rings (SSSR count). The summed E-state index contributed by atoms with van der Waals surface area (Å²) in [6, 6.07) is 15.1. The third-order valence-corrected chi connectivity index (χ3v) is 13.0. The second kappa shape index (κ2) is 16.9. The molecule has 4 atom stereocenters. The number of rotatable bonds is 11. The zero-order valence-electron chi connectivity index (χ0n) is 35.4. The molecule has 3 fully saturated rings. The van der Waals surface area contributed by atoms with Crippen LogP contribution in [0.5, 0.6) is 0 Å². The average molecular weight is 828 g/mol. The molecule has 0 bridgehead atoms. The highest BCUT2D eigenvalue weighted by molar-refractivity contribution is 6.07. The minimum absolute atomic E-state index is 0.0908. The number of carbonyl (C=O) groups excluding carboxylic acids is 2. The third-order valence-electron chi connectivity index (χ3n) is 13.0. The molecule has 3 saturated carbocycles. The number of hydrogen-bond acceptors (Lipinski definition) is 8. The highest BCUT2D eigenvalue weighted by Gasteiger charge is 2.38. The fourth-order valence-corrected chi connectivity index (χ4v) is 9.09. The van der Waals surface area contributed by atoms with E-state index in [1.807, 2.05) is 59.9 Å². The minimum atomic E-state index is -0.769. The molecule has 6 aromatic rings. The summed E-state index contributed by atoms with van der Waals surface area (Å²) >= 11 is 0. The fourth-order valence-electron chi connectivity index (χ4n) is 9.09. The molecular weight excluding hydrogens is 779 g/mol. The fraction of sp³-hybridized carbons (Fsp3) is 0.380. The van der Waals surface area contributed by atoms with Gasteiger partial charge in [-0.2, -0.15) is 10.2 Å². The Morgan fingerprint density at radius 1 is 0.774 bits per heavy atom. The van der Waals surface area contributed by atoms with Crippen molar-refractivity contribution < 1.29 is 24.2 Å². The number of carbonyl (C=O) groups is 3. The molecule has 314 valence electrons. The largest absolute Gasteiger partial charge is 0.481 e. The Bertz CT molecular complexity index is 2830. The summed E-state index contributed by atoms with van der Waals surface area (Å²) in [5.41, 5.74) is 8.03. The number of amides is 1. The van der Waals surface area contributed by atoms with Gasteiger partial charge in [-0.3, -0.25) is 28.9 Å². The van der Waals surface area contributed by atoms with Crippen molar-refractivity contribution in [1.82, 2.24) is 34.8 Å². The molecule has 3 aliphatic rings.